The maximum Gasteiger partial charge on any atom is 0.138 e. The Kier molecular flexibility index (Phi) is 5.42. The molecular formula is C37H24N2S. The number of para-hydroxylation sites is 1. The van der Waals surface area contributed by atoms with Gasteiger partial charge in [-0.25, -0.2) is 4.98 Å². The number of rotatable bonds is 3. The molecule has 0 radical (unpaired) electrons. The summed E-state index contributed by atoms with van der Waals surface area (Å²) in [4.78, 5) is 7.83. The third kappa shape index (κ3) is 3.78. The molecule has 1 aliphatic rings. The van der Waals surface area contributed by atoms with Gasteiger partial charge in [0.2, 0.25) is 0 Å². The Morgan fingerprint density at radius 2 is 1.25 bits per heavy atom. The fraction of sp³-hybridized carbons (Fsp3) is 0. The van der Waals surface area contributed by atoms with Crippen LogP contribution in [0.25, 0.3) is 62.2 Å². The van der Waals surface area contributed by atoms with E-state index in [4.69, 9.17) is 4.98 Å². The zero-order chi connectivity index (χ0) is 26.5. The molecule has 0 bridgehead atoms. The number of pyridine rings is 1. The predicted molar refractivity (Wildman–Crippen MR) is 169 cm³/mol. The lowest BCUT2D eigenvalue weighted by molar-refractivity contribution is 1.08. The Morgan fingerprint density at radius 1 is 0.525 bits per heavy atom. The van der Waals surface area contributed by atoms with E-state index in [2.05, 4.69) is 144 Å². The van der Waals surface area contributed by atoms with Crippen LogP contribution in [0.5, 0.6) is 0 Å². The fourth-order valence-electron chi connectivity index (χ4n) is 5.76. The van der Waals surface area contributed by atoms with Gasteiger partial charge in [-0.1, -0.05) is 121 Å². The first kappa shape index (κ1) is 23.1. The van der Waals surface area contributed by atoms with Gasteiger partial charge in [-0.15, -0.1) is 0 Å². The molecule has 0 atom stereocenters. The van der Waals surface area contributed by atoms with Crippen LogP contribution in [0.1, 0.15) is 11.1 Å². The van der Waals surface area contributed by atoms with E-state index in [9.17, 15) is 0 Å². The molecule has 0 aliphatic carbocycles. The van der Waals surface area contributed by atoms with Gasteiger partial charge in [0.05, 0.1) is 16.7 Å². The highest BCUT2D eigenvalue weighted by Gasteiger charge is 2.20. The molecule has 8 rings (SSSR count). The quantitative estimate of drug-likeness (QED) is 0.227. The van der Waals surface area contributed by atoms with Gasteiger partial charge in [-0.3, -0.25) is 4.57 Å². The van der Waals surface area contributed by atoms with Gasteiger partial charge >= 0.3 is 0 Å². The summed E-state index contributed by atoms with van der Waals surface area (Å²) in [6.45, 7) is 0. The summed E-state index contributed by atoms with van der Waals surface area (Å²) in [5.74, 6) is 0.917. The number of fused-ring (bicyclic) bond motifs is 6. The Bertz CT molecular complexity index is 2010. The van der Waals surface area contributed by atoms with E-state index in [1.165, 1.54) is 37.3 Å². The van der Waals surface area contributed by atoms with E-state index >= 15 is 0 Å². The van der Waals surface area contributed by atoms with Crippen molar-refractivity contribution in [2.24, 2.45) is 0 Å². The van der Waals surface area contributed by atoms with Crippen molar-refractivity contribution in [1.29, 1.82) is 0 Å². The minimum Gasteiger partial charge on any atom is -0.294 e. The zero-order valence-corrected chi connectivity index (χ0v) is 22.5. The summed E-state index contributed by atoms with van der Waals surface area (Å²) in [6, 6.07) is 47.3. The molecular weight excluding hydrogens is 504 g/mol. The lowest BCUT2D eigenvalue weighted by atomic mass is 10.0. The highest BCUT2D eigenvalue weighted by Crippen LogP contribution is 2.44. The van der Waals surface area contributed by atoms with E-state index in [-0.39, 0.29) is 0 Å². The van der Waals surface area contributed by atoms with Crippen LogP contribution in [-0.4, -0.2) is 9.55 Å². The average molecular weight is 529 g/mol. The monoisotopic (exact) mass is 528 g/mol. The third-order valence-electron chi connectivity index (χ3n) is 7.62. The fourth-order valence-corrected chi connectivity index (χ4v) is 6.81. The van der Waals surface area contributed by atoms with Crippen molar-refractivity contribution >= 4 is 45.7 Å². The maximum atomic E-state index is 5.27. The van der Waals surface area contributed by atoms with Gasteiger partial charge in [0, 0.05) is 26.1 Å². The van der Waals surface area contributed by atoms with E-state index in [0.29, 0.717) is 0 Å². The average Bonchev–Trinajstić information content (AvgIpc) is 3.24. The molecule has 188 valence electrons. The number of aromatic nitrogens is 2. The van der Waals surface area contributed by atoms with E-state index in [1.807, 2.05) is 17.8 Å². The zero-order valence-electron chi connectivity index (χ0n) is 21.7. The first-order valence-electron chi connectivity index (χ1n) is 13.5. The summed E-state index contributed by atoms with van der Waals surface area (Å²) in [6.07, 6.45) is 4.54. The van der Waals surface area contributed by atoms with Crippen LogP contribution >= 0.6 is 11.8 Å². The van der Waals surface area contributed by atoms with Crippen molar-refractivity contribution in [1.82, 2.24) is 9.55 Å². The summed E-state index contributed by atoms with van der Waals surface area (Å²) >= 11 is 1.84. The van der Waals surface area contributed by atoms with Crippen LogP contribution in [0, 0.1) is 0 Å². The van der Waals surface area contributed by atoms with Crippen molar-refractivity contribution in [3.8, 4) is 28.2 Å². The number of hydrogen-bond donors (Lipinski definition) is 0. The van der Waals surface area contributed by atoms with Crippen LogP contribution in [0.3, 0.4) is 0 Å². The molecule has 7 aromatic rings. The van der Waals surface area contributed by atoms with Crippen LogP contribution in [0.15, 0.2) is 143 Å². The van der Waals surface area contributed by atoms with Crippen LogP contribution in [0.4, 0.5) is 0 Å². The van der Waals surface area contributed by atoms with Crippen molar-refractivity contribution in [2.75, 3.05) is 0 Å². The predicted octanol–water partition coefficient (Wildman–Crippen LogP) is 10.1. The Balaban J connectivity index is 1.43. The molecule has 2 aromatic heterocycles. The van der Waals surface area contributed by atoms with Gasteiger partial charge in [0.15, 0.2) is 0 Å². The second-order valence-electron chi connectivity index (χ2n) is 10.0. The number of nitrogens with zero attached hydrogens (tertiary/aromatic N) is 2. The molecule has 0 N–H and O–H groups in total. The smallest absolute Gasteiger partial charge is 0.138 e. The highest BCUT2D eigenvalue weighted by atomic mass is 32.2. The van der Waals surface area contributed by atoms with E-state index in [1.54, 1.807) is 0 Å². The summed E-state index contributed by atoms with van der Waals surface area (Å²) in [5.41, 5.74) is 9.22. The summed E-state index contributed by atoms with van der Waals surface area (Å²) in [7, 11) is 0. The van der Waals surface area contributed by atoms with E-state index < -0.39 is 0 Å². The molecule has 0 amide bonds. The van der Waals surface area contributed by atoms with Crippen LogP contribution in [-0.2, 0) is 0 Å². The van der Waals surface area contributed by atoms with Crippen LogP contribution < -0.4 is 0 Å². The Morgan fingerprint density at radius 3 is 2.10 bits per heavy atom. The molecule has 1 aliphatic heterocycles. The van der Waals surface area contributed by atoms with Gasteiger partial charge in [0.25, 0.3) is 0 Å². The van der Waals surface area contributed by atoms with Gasteiger partial charge in [-0.2, -0.15) is 0 Å². The molecule has 2 nitrogen and oxygen atoms in total. The number of hydrogen-bond acceptors (Lipinski definition) is 2. The van der Waals surface area contributed by atoms with Crippen LogP contribution in [0.2, 0.25) is 0 Å². The molecule has 40 heavy (non-hydrogen) atoms. The first-order chi connectivity index (χ1) is 19.8. The second-order valence-corrected chi connectivity index (χ2v) is 11.1. The van der Waals surface area contributed by atoms with Crippen molar-refractivity contribution in [3.05, 3.63) is 145 Å². The minimum atomic E-state index is 0.917. The third-order valence-corrected chi connectivity index (χ3v) is 8.79. The van der Waals surface area contributed by atoms with Crippen molar-refractivity contribution in [2.45, 2.75) is 9.79 Å². The number of benzene rings is 5. The topological polar surface area (TPSA) is 17.8 Å². The Labute approximate surface area is 237 Å². The summed E-state index contributed by atoms with van der Waals surface area (Å²) < 4.78 is 2.33. The lowest BCUT2D eigenvalue weighted by Gasteiger charge is -2.13. The summed E-state index contributed by atoms with van der Waals surface area (Å²) in [5, 5.41) is 2.50. The van der Waals surface area contributed by atoms with Gasteiger partial charge < -0.3 is 0 Å². The molecule has 3 heterocycles. The minimum absolute atomic E-state index is 0.917. The molecule has 0 saturated carbocycles. The largest absolute Gasteiger partial charge is 0.294 e. The molecule has 0 saturated heterocycles. The molecule has 5 aromatic carbocycles. The molecule has 3 heteroatoms. The highest BCUT2D eigenvalue weighted by molar-refractivity contribution is 7.99. The Hall–Kier alpha value is -4.86. The lowest BCUT2D eigenvalue weighted by Crippen LogP contribution is -2.00. The van der Waals surface area contributed by atoms with Gasteiger partial charge in [0.1, 0.15) is 5.82 Å². The second kappa shape index (κ2) is 9.41. The molecule has 0 unspecified atom stereocenters. The normalized spacial score (nSPS) is 12.3. The SMILES string of the molecule is C1=Cc2c(ccc3c2c2ccccc2n3-c2cc(-c3ccccc3)cc(-c3ccccc3)n2)Sc2ccccc21. The van der Waals surface area contributed by atoms with Crippen molar-refractivity contribution in [3.63, 3.8) is 0 Å². The molecule has 0 fully saturated rings. The van der Waals surface area contributed by atoms with Gasteiger partial charge in [-0.05, 0) is 58.7 Å². The van der Waals surface area contributed by atoms with E-state index in [0.717, 1.165) is 33.7 Å². The molecule has 0 spiro atoms. The standard InChI is InChI=1S/C37H24N2S/c1-3-11-25(12-4-1)28-23-31(26-13-5-2-6-14-26)38-36(24-28)39-32-17-9-8-16-29(32)37-30-20-19-27-15-7-10-18-34(27)40-35(30)22-21-33(37)39/h1-24H. The first-order valence-corrected chi connectivity index (χ1v) is 14.3. The van der Waals surface area contributed by atoms with Crippen molar-refractivity contribution < 1.29 is 0 Å². The maximum absolute atomic E-state index is 5.27.